The molecule has 1 aromatic carbocycles. The van der Waals surface area contributed by atoms with Gasteiger partial charge in [0.1, 0.15) is 0 Å². The fraction of sp³-hybridized carbons (Fsp3) is 0.545. The lowest BCUT2D eigenvalue weighted by molar-refractivity contribution is -0.137. The van der Waals surface area contributed by atoms with E-state index in [1.54, 1.807) is 16.7 Å². The van der Waals surface area contributed by atoms with Crippen LogP contribution >= 0.6 is 11.8 Å². The number of carbonyl (C=O) groups excluding carboxylic acids is 1. The van der Waals surface area contributed by atoms with Crippen LogP contribution in [0.5, 0.6) is 0 Å². The van der Waals surface area contributed by atoms with Gasteiger partial charge in [-0.2, -0.15) is 11.8 Å². The largest absolute Gasteiger partial charge is 0.481 e. The van der Waals surface area contributed by atoms with Crippen LogP contribution in [0.3, 0.4) is 0 Å². The molecule has 156 valence electrons. The van der Waals surface area contributed by atoms with Crippen molar-refractivity contribution in [3.63, 3.8) is 0 Å². The van der Waals surface area contributed by atoms with Gasteiger partial charge in [0.25, 0.3) is 0 Å². The molecule has 1 amide bonds. The lowest BCUT2D eigenvalue weighted by atomic mass is 10.1. The third kappa shape index (κ3) is 8.93. The summed E-state index contributed by atoms with van der Waals surface area (Å²) in [6, 6.07) is 7.58. The Labute approximate surface area is 172 Å². The number of benzene rings is 1. The molecule has 0 saturated carbocycles. The maximum atomic E-state index is 12.6. The smallest absolute Gasteiger partial charge is 0.303 e. The van der Waals surface area contributed by atoms with E-state index in [9.17, 15) is 14.7 Å². The van der Waals surface area contributed by atoms with E-state index in [1.807, 2.05) is 56.5 Å². The van der Waals surface area contributed by atoms with Crippen molar-refractivity contribution >= 4 is 29.3 Å². The summed E-state index contributed by atoms with van der Waals surface area (Å²) in [5.74, 6) is 0.0881. The van der Waals surface area contributed by atoms with Gasteiger partial charge in [0.15, 0.2) is 0 Å². The van der Waals surface area contributed by atoms with Crippen LogP contribution in [0, 0.1) is 5.92 Å². The van der Waals surface area contributed by atoms with Crippen LogP contribution in [-0.2, 0) is 9.59 Å². The average molecular weight is 408 g/mol. The van der Waals surface area contributed by atoms with Crippen molar-refractivity contribution in [2.75, 3.05) is 23.5 Å². The Morgan fingerprint density at radius 1 is 1.14 bits per heavy atom. The van der Waals surface area contributed by atoms with E-state index in [0.717, 1.165) is 23.4 Å². The van der Waals surface area contributed by atoms with Crippen LogP contribution in [0.15, 0.2) is 36.4 Å². The summed E-state index contributed by atoms with van der Waals surface area (Å²) in [6.07, 6.45) is 8.47. The molecule has 1 rings (SSSR count). The summed E-state index contributed by atoms with van der Waals surface area (Å²) in [6.45, 7) is 4.34. The Morgan fingerprint density at radius 2 is 1.79 bits per heavy atom. The number of hydrogen-bond donors (Lipinski definition) is 2. The second-order valence-corrected chi connectivity index (χ2v) is 8.07. The molecule has 0 aliphatic carbocycles. The minimum Gasteiger partial charge on any atom is -0.481 e. The molecular formula is C22H33NO4S. The number of carboxylic acid groups (broad SMARTS) is 1. The number of hydrogen-bond acceptors (Lipinski definition) is 4. The van der Waals surface area contributed by atoms with Crippen molar-refractivity contribution in [2.24, 2.45) is 5.92 Å². The Hall–Kier alpha value is -1.79. The van der Waals surface area contributed by atoms with Crippen molar-refractivity contribution in [3.8, 4) is 0 Å². The third-order valence-electron chi connectivity index (χ3n) is 4.39. The van der Waals surface area contributed by atoms with Crippen LogP contribution in [0.1, 0.15) is 57.6 Å². The second-order valence-electron chi connectivity index (χ2n) is 7.08. The fourth-order valence-corrected chi connectivity index (χ4v) is 3.22. The first-order valence-corrected chi connectivity index (χ1v) is 11.2. The van der Waals surface area contributed by atoms with Crippen molar-refractivity contribution in [3.05, 3.63) is 42.0 Å². The number of carboxylic acids is 1. The van der Waals surface area contributed by atoms with E-state index < -0.39 is 12.1 Å². The summed E-state index contributed by atoms with van der Waals surface area (Å²) < 4.78 is 0. The molecular weight excluding hydrogens is 374 g/mol. The maximum absolute atomic E-state index is 12.6. The highest BCUT2D eigenvalue weighted by atomic mass is 32.2. The zero-order valence-electron chi connectivity index (χ0n) is 17.1. The number of aliphatic carboxylic acids is 1. The van der Waals surface area contributed by atoms with E-state index >= 15 is 0 Å². The molecule has 5 nitrogen and oxygen atoms in total. The molecule has 1 unspecified atom stereocenters. The molecule has 0 saturated heterocycles. The van der Waals surface area contributed by atoms with Gasteiger partial charge in [0, 0.05) is 24.6 Å². The molecule has 0 bridgehead atoms. The highest BCUT2D eigenvalue weighted by Gasteiger charge is 2.18. The van der Waals surface area contributed by atoms with Gasteiger partial charge in [0.05, 0.1) is 6.10 Å². The molecule has 0 fully saturated rings. The molecule has 0 aliphatic heterocycles. The van der Waals surface area contributed by atoms with E-state index in [4.69, 9.17) is 5.11 Å². The molecule has 0 spiro atoms. The zero-order valence-corrected chi connectivity index (χ0v) is 18.0. The predicted octanol–water partition coefficient (Wildman–Crippen LogP) is 4.66. The number of aliphatic hydroxyl groups excluding tert-OH is 1. The van der Waals surface area contributed by atoms with E-state index in [0.29, 0.717) is 25.8 Å². The summed E-state index contributed by atoms with van der Waals surface area (Å²) in [5, 5.41) is 18.9. The molecule has 0 radical (unpaired) electrons. The minimum atomic E-state index is -0.774. The van der Waals surface area contributed by atoms with Crippen LogP contribution < -0.4 is 4.90 Å². The number of rotatable bonds is 13. The van der Waals surface area contributed by atoms with Crippen LogP contribution in [0.4, 0.5) is 5.69 Å². The predicted molar refractivity (Wildman–Crippen MR) is 117 cm³/mol. The number of amides is 1. The number of unbranched alkanes of at least 4 members (excludes halogenated alkanes) is 1. The second kappa shape index (κ2) is 13.4. The molecule has 0 aromatic heterocycles. The summed E-state index contributed by atoms with van der Waals surface area (Å²) in [5.41, 5.74) is 1.70. The molecule has 1 aromatic rings. The van der Waals surface area contributed by atoms with Crippen LogP contribution in [0.25, 0.3) is 0 Å². The van der Waals surface area contributed by atoms with Gasteiger partial charge in [-0.1, -0.05) is 38.1 Å². The van der Waals surface area contributed by atoms with Crippen LogP contribution in [0.2, 0.25) is 0 Å². The van der Waals surface area contributed by atoms with Gasteiger partial charge < -0.3 is 15.1 Å². The Bertz CT molecular complexity index is 628. The fourth-order valence-electron chi connectivity index (χ4n) is 2.76. The molecule has 6 heteroatoms. The number of carbonyl (C=O) groups is 2. The maximum Gasteiger partial charge on any atom is 0.303 e. The topological polar surface area (TPSA) is 77.8 Å². The number of thioether (sulfide) groups is 1. The SMILES string of the molecule is CSCCC(O)c1ccc(N(CCC=CCCCC(=O)O)C(=O)C(C)C)cc1. The quantitative estimate of drug-likeness (QED) is 0.367. The first-order chi connectivity index (χ1) is 13.4. The highest BCUT2D eigenvalue weighted by molar-refractivity contribution is 7.98. The zero-order chi connectivity index (χ0) is 20.9. The van der Waals surface area contributed by atoms with Crippen LogP contribution in [-0.4, -0.2) is 40.6 Å². The monoisotopic (exact) mass is 407 g/mol. The first-order valence-electron chi connectivity index (χ1n) is 9.82. The van der Waals surface area contributed by atoms with Gasteiger partial charge in [-0.3, -0.25) is 9.59 Å². The third-order valence-corrected chi connectivity index (χ3v) is 5.04. The number of aliphatic hydroxyl groups is 1. The lowest BCUT2D eigenvalue weighted by Crippen LogP contribution is -2.35. The summed E-state index contributed by atoms with van der Waals surface area (Å²) in [4.78, 5) is 24.9. The van der Waals surface area contributed by atoms with Gasteiger partial charge in [-0.25, -0.2) is 0 Å². The number of nitrogens with zero attached hydrogens (tertiary/aromatic N) is 1. The number of allylic oxidation sites excluding steroid dienone is 1. The Morgan fingerprint density at radius 3 is 2.36 bits per heavy atom. The van der Waals surface area contributed by atoms with Crippen molar-refractivity contribution in [1.29, 1.82) is 0 Å². The van der Waals surface area contributed by atoms with Gasteiger partial charge in [0.2, 0.25) is 5.91 Å². The van der Waals surface area contributed by atoms with E-state index in [1.165, 1.54) is 0 Å². The summed E-state index contributed by atoms with van der Waals surface area (Å²) >= 11 is 1.71. The van der Waals surface area contributed by atoms with Gasteiger partial charge in [-0.05, 0) is 55.4 Å². The Balaban J connectivity index is 2.70. The van der Waals surface area contributed by atoms with E-state index in [2.05, 4.69) is 0 Å². The van der Waals surface area contributed by atoms with E-state index in [-0.39, 0.29) is 18.2 Å². The molecule has 1 atom stereocenters. The van der Waals surface area contributed by atoms with Crippen molar-refractivity contribution < 1.29 is 19.8 Å². The lowest BCUT2D eigenvalue weighted by Gasteiger charge is -2.25. The normalized spacial score (nSPS) is 12.5. The van der Waals surface area contributed by atoms with Crippen molar-refractivity contribution in [1.82, 2.24) is 0 Å². The first kappa shape index (κ1) is 24.2. The molecule has 2 N–H and O–H groups in total. The average Bonchev–Trinajstić information content (AvgIpc) is 2.67. The minimum absolute atomic E-state index is 0.0648. The number of anilines is 1. The highest BCUT2D eigenvalue weighted by Crippen LogP contribution is 2.23. The molecule has 0 heterocycles. The van der Waals surface area contributed by atoms with Crippen molar-refractivity contribution in [2.45, 2.75) is 52.1 Å². The molecule has 28 heavy (non-hydrogen) atoms. The molecule has 0 aliphatic rings. The Kier molecular flexibility index (Phi) is 11.6. The standard InChI is InChI=1S/C22H33NO4S/c1-17(2)22(27)23(15-8-6-4-5-7-9-21(25)26)19-12-10-18(11-13-19)20(24)14-16-28-3/h4,6,10-13,17,20,24H,5,7-9,14-16H2,1-3H3,(H,25,26). The van der Waals surface area contributed by atoms with Gasteiger partial charge in [-0.15, -0.1) is 0 Å². The summed E-state index contributed by atoms with van der Waals surface area (Å²) in [7, 11) is 0. The van der Waals surface area contributed by atoms with Gasteiger partial charge >= 0.3 is 5.97 Å².